The van der Waals surface area contributed by atoms with E-state index in [2.05, 4.69) is 15.0 Å². The fourth-order valence-electron chi connectivity index (χ4n) is 1.12. The van der Waals surface area contributed by atoms with Crippen LogP contribution in [0, 0.1) is 0 Å². The van der Waals surface area contributed by atoms with Gasteiger partial charge < -0.3 is 14.5 Å². The molecule has 0 aromatic carbocycles. The minimum Gasteiger partial charge on any atom is -0.441 e. The molecule has 0 radical (unpaired) electrons. The van der Waals surface area contributed by atoms with Crippen LogP contribution < -0.4 is 10.1 Å². The number of nitrogens with zero attached hydrogens (tertiary/aromatic N) is 1. The molecule has 1 saturated carbocycles. The molecular weight excluding hydrogens is 225 g/mol. The number of nitrogens with one attached hydrogen (secondary N) is 1. The summed E-state index contributed by atoms with van der Waals surface area (Å²) in [5.41, 5.74) is 0.545. The molecule has 1 aromatic rings. The standard InChI is InChI=1S/C9H11F3N2O2/c10-9(11,12)5-16-8-14-7(4-15-8)3-13-6-1-2-6/h4,6,13H,1-3,5H2. The highest BCUT2D eigenvalue weighted by molar-refractivity contribution is 5.00. The van der Waals surface area contributed by atoms with Crippen LogP contribution in [-0.2, 0) is 6.54 Å². The number of hydrogen-bond donors (Lipinski definition) is 1. The minimum absolute atomic E-state index is 0.343. The first-order valence-electron chi connectivity index (χ1n) is 4.90. The van der Waals surface area contributed by atoms with Crippen molar-refractivity contribution >= 4 is 0 Å². The predicted molar refractivity (Wildman–Crippen MR) is 47.9 cm³/mol. The van der Waals surface area contributed by atoms with Gasteiger partial charge in [-0.25, -0.2) is 0 Å². The molecule has 1 aliphatic rings. The van der Waals surface area contributed by atoms with Crippen LogP contribution in [0.3, 0.4) is 0 Å². The number of halogens is 3. The Kier molecular flexibility index (Phi) is 3.04. The van der Waals surface area contributed by atoms with E-state index in [0.29, 0.717) is 18.3 Å². The van der Waals surface area contributed by atoms with E-state index >= 15 is 0 Å². The van der Waals surface area contributed by atoms with Crippen molar-refractivity contribution in [1.29, 1.82) is 0 Å². The highest BCUT2D eigenvalue weighted by atomic mass is 19.4. The average Bonchev–Trinajstić information content (AvgIpc) is 2.91. The monoisotopic (exact) mass is 236 g/mol. The van der Waals surface area contributed by atoms with Crippen molar-refractivity contribution in [3.63, 3.8) is 0 Å². The third kappa shape index (κ3) is 3.73. The summed E-state index contributed by atoms with van der Waals surface area (Å²) in [7, 11) is 0. The molecule has 0 aliphatic heterocycles. The molecule has 0 bridgehead atoms. The van der Waals surface area contributed by atoms with E-state index in [-0.39, 0.29) is 6.08 Å². The molecule has 1 fully saturated rings. The van der Waals surface area contributed by atoms with Gasteiger partial charge in [0.05, 0.1) is 5.69 Å². The topological polar surface area (TPSA) is 47.3 Å². The van der Waals surface area contributed by atoms with Crippen LogP contribution >= 0.6 is 0 Å². The van der Waals surface area contributed by atoms with Crippen molar-refractivity contribution in [3.05, 3.63) is 12.0 Å². The second-order valence-corrected chi connectivity index (χ2v) is 3.66. The number of rotatable bonds is 5. The van der Waals surface area contributed by atoms with Gasteiger partial charge in [-0.1, -0.05) is 0 Å². The Morgan fingerprint density at radius 3 is 2.88 bits per heavy atom. The van der Waals surface area contributed by atoms with Gasteiger partial charge in [-0.15, -0.1) is 0 Å². The SMILES string of the molecule is FC(F)(F)COc1nc(CNC2CC2)co1. The largest absolute Gasteiger partial charge is 0.441 e. The van der Waals surface area contributed by atoms with E-state index in [9.17, 15) is 13.2 Å². The second-order valence-electron chi connectivity index (χ2n) is 3.66. The third-order valence-corrected chi connectivity index (χ3v) is 2.04. The smallest absolute Gasteiger partial charge is 0.422 e. The molecule has 16 heavy (non-hydrogen) atoms. The summed E-state index contributed by atoms with van der Waals surface area (Å²) in [5.74, 6) is 0. The predicted octanol–water partition coefficient (Wildman–Crippen LogP) is 1.87. The Bertz CT molecular complexity index is 347. The van der Waals surface area contributed by atoms with Gasteiger partial charge in [0.2, 0.25) is 0 Å². The van der Waals surface area contributed by atoms with Crippen LogP contribution in [0.15, 0.2) is 10.7 Å². The van der Waals surface area contributed by atoms with Crippen LogP contribution in [-0.4, -0.2) is 23.8 Å². The highest BCUT2D eigenvalue weighted by Crippen LogP contribution is 2.20. The summed E-state index contributed by atoms with van der Waals surface area (Å²) in [5, 5.41) is 3.16. The number of alkyl halides is 3. The van der Waals surface area contributed by atoms with Gasteiger partial charge in [0.15, 0.2) is 6.61 Å². The lowest BCUT2D eigenvalue weighted by Gasteiger charge is -2.04. The first-order chi connectivity index (χ1) is 7.53. The molecule has 1 aromatic heterocycles. The molecule has 0 spiro atoms. The van der Waals surface area contributed by atoms with Gasteiger partial charge in [-0.05, 0) is 12.8 Å². The summed E-state index contributed by atoms with van der Waals surface area (Å²) in [6.07, 6.45) is -1.16. The Morgan fingerprint density at radius 2 is 2.25 bits per heavy atom. The maximum atomic E-state index is 11.8. The molecule has 1 N–H and O–H groups in total. The van der Waals surface area contributed by atoms with Gasteiger partial charge in [0.25, 0.3) is 0 Å². The van der Waals surface area contributed by atoms with Crippen LogP contribution in [0.2, 0.25) is 0 Å². The van der Waals surface area contributed by atoms with Crippen molar-refractivity contribution in [2.45, 2.75) is 31.6 Å². The van der Waals surface area contributed by atoms with E-state index in [1.54, 1.807) is 0 Å². The van der Waals surface area contributed by atoms with Gasteiger partial charge in [0.1, 0.15) is 6.26 Å². The normalized spacial score (nSPS) is 16.4. The molecule has 7 heteroatoms. The zero-order valence-corrected chi connectivity index (χ0v) is 8.38. The summed E-state index contributed by atoms with van der Waals surface area (Å²) >= 11 is 0. The summed E-state index contributed by atoms with van der Waals surface area (Å²) in [4.78, 5) is 3.76. The molecule has 1 heterocycles. The van der Waals surface area contributed by atoms with Crippen molar-refractivity contribution < 1.29 is 22.3 Å². The summed E-state index contributed by atoms with van der Waals surface area (Å²) in [6, 6.07) is 0.510. The fourth-order valence-corrected chi connectivity index (χ4v) is 1.12. The van der Waals surface area contributed by atoms with E-state index in [1.165, 1.54) is 6.26 Å². The van der Waals surface area contributed by atoms with E-state index in [1.807, 2.05) is 0 Å². The number of ether oxygens (including phenoxy) is 1. The number of aromatic nitrogens is 1. The van der Waals surface area contributed by atoms with Crippen molar-refractivity contribution in [1.82, 2.24) is 10.3 Å². The lowest BCUT2D eigenvalue weighted by Crippen LogP contribution is -2.19. The van der Waals surface area contributed by atoms with Gasteiger partial charge in [0, 0.05) is 12.6 Å². The van der Waals surface area contributed by atoms with Crippen molar-refractivity contribution in [2.75, 3.05) is 6.61 Å². The number of oxazole rings is 1. The Balaban J connectivity index is 1.77. The van der Waals surface area contributed by atoms with E-state index < -0.39 is 12.8 Å². The first-order valence-corrected chi connectivity index (χ1v) is 4.90. The highest BCUT2D eigenvalue weighted by Gasteiger charge is 2.29. The quantitative estimate of drug-likeness (QED) is 0.847. The zero-order chi connectivity index (χ0) is 11.6. The Labute approximate surface area is 89.8 Å². The lowest BCUT2D eigenvalue weighted by atomic mass is 10.5. The molecule has 0 saturated heterocycles. The molecule has 1 aliphatic carbocycles. The van der Waals surface area contributed by atoms with Crippen molar-refractivity contribution in [3.8, 4) is 6.08 Å². The van der Waals surface area contributed by atoms with E-state index in [4.69, 9.17) is 4.42 Å². The molecule has 0 atom stereocenters. The molecule has 2 rings (SSSR count). The minimum atomic E-state index is -4.37. The Hall–Kier alpha value is -1.24. The zero-order valence-electron chi connectivity index (χ0n) is 8.38. The van der Waals surface area contributed by atoms with Gasteiger partial charge in [-0.3, -0.25) is 0 Å². The second kappa shape index (κ2) is 4.32. The van der Waals surface area contributed by atoms with Crippen LogP contribution in [0.1, 0.15) is 18.5 Å². The van der Waals surface area contributed by atoms with Crippen molar-refractivity contribution in [2.24, 2.45) is 0 Å². The summed E-state index contributed by atoms with van der Waals surface area (Å²) in [6.45, 7) is -0.896. The lowest BCUT2D eigenvalue weighted by molar-refractivity contribution is -0.156. The first kappa shape index (κ1) is 11.3. The van der Waals surface area contributed by atoms with E-state index in [0.717, 1.165) is 12.8 Å². The molecule has 4 nitrogen and oxygen atoms in total. The average molecular weight is 236 g/mol. The van der Waals surface area contributed by atoms with Crippen LogP contribution in [0.4, 0.5) is 13.2 Å². The maximum absolute atomic E-state index is 11.8. The molecule has 0 amide bonds. The van der Waals surface area contributed by atoms with Crippen LogP contribution in [0.25, 0.3) is 0 Å². The fraction of sp³-hybridized carbons (Fsp3) is 0.667. The van der Waals surface area contributed by atoms with Crippen LogP contribution in [0.5, 0.6) is 6.08 Å². The molecular formula is C9H11F3N2O2. The molecule has 0 unspecified atom stereocenters. The molecule has 90 valence electrons. The Morgan fingerprint density at radius 1 is 1.50 bits per heavy atom. The maximum Gasteiger partial charge on any atom is 0.422 e. The van der Waals surface area contributed by atoms with Gasteiger partial charge in [-0.2, -0.15) is 18.2 Å². The van der Waals surface area contributed by atoms with Gasteiger partial charge >= 0.3 is 12.3 Å². The summed E-state index contributed by atoms with van der Waals surface area (Å²) < 4.78 is 44.5. The number of hydrogen-bond acceptors (Lipinski definition) is 4. The third-order valence-electron chi connectivity index (χ3n) is 2.04.